The molecule has 33 heavy (non-hydrogen) atoms. The molecule has 8 heteroatoms. The van der Waals surface area contributed by atoms with Gasteiger partial charge < -0.3 is 14.7 Å². The Morgan fingerprint density at radius 3 is 2.45 bits per heavy atom. The fourth-order valence-electron chi connectivity index (χ4n) is 3.85. The van der Waals surface area contributed by atoms with Crippen LogP contribution in [0.2, 0.25) is 0 Å². The Hall–Kier alpha value is -3.52. The van der Waals surface area contributed by atoms with Crippen molar-refractivity contribution in [1.29, 1.82) is 0 Å². The summed E-state index contributed by atoms with van der Waals surface area (Å²) < 4.78 is 5.42. The van der Waals surface area contributed by atoms with E-state index in [4.69, 9.17) is 4.52 Å². The smallest absolute Gasteiger partial charge is 0.251 e. The van der Waals surface area contributed by atoms with Crippen LogP contribution in [0.5, 0.6) is 0 Å². The Balaban J connectivity index is 1.20. The number of rotatable bonds is 7. The number of carbonyl (C=O) groups is 2. The summed E-state index contributed by atoms with van der Waals surface area (Å²) in [5.74, 6) is 1.07. The highest BCUT2D eigenvalue weighted by Crippen LogP contribution is 2.17. The topological polar surface area (TPSA) is 91.6 Å². The Morgan fingerprint density at radius 1 is 1.00 bits per heavy atom. The van der Waals surface area contributed by atoms with Crippen molar-refractivity contribution >= 4 is 11.8 Å². The SMILES string of the molecule is Cc1ccc(-c2noc(CN3CCN(C(=O)CCNC(=O)c4ccccc4C)CC3)n2)cc1. The molecule has 1 N–H and O–H groups in total. The summed E-state index contributed by atoms with van der Waals surface area (Å²) >= 11 is 0. The maximum absolute atomic E-state index is 12.5. The molecule has 0 aliphatic carbocycles. The number of nitrogens with one attached hydrogen (secondary N) is 1. The number of nitrogens with zero attached hydrogens (tertiary/aromatic N) is 4. The van der Waals surface area contributed by atoms with Gasteiger partial charge in [0.15, 0.2) is 0 Å². The van der Waals surface area contributed by atoms with E-state index in [9.17, 15) is 9.59 Å². The van der Waals surface area contributed by atoms with Gasteiger partial charge in [0.1, 0.15) is 0 Å². The predicted octanol–water partition coefficient (Wildman–Crippen LogP) is 2.82. The monoisotopic (exact) mass is 447 g/mol. The van der Waals surface area contributed by atoms with Crippen molar-refractivity contribution in [2.45, 2.75) is 26.8 Å². The normalized spacial score (nSPS) is 14.3. The molecule has 2 amide bonds. The molecule has 0 bridgehead atoms. The van der Waals surface area contributed by atoms with Crippen LogP contribution in [-0.4, -0.2) is 64.5 Å². The van der Waals surface area contributed by atoms with Gasteiger partial charge in [-0.1, -0.05) is 53.2 Å². The lowest BCUT2D eigenvalue weighted by atomic mass is 10.1. The minimum Gasteiger partial charge on any atom is -0.352 e. The van der Waals surface area contributed by atoms with Crippen LogP contribution in [0.1, 0.15) is 33.8 Å². The number of piperazine rings is 1. The summed E-state index contributed by atoms with van der Waals surface area (Å²) in [5, 5.41) is 6.93. The summed E-state index contributed by atoms with van der Waals surface area (Å²) in [6.45, 7) is 7.60. The van der Waals surface area contributed by atoms with Crippen molar-refractivity contribution < 1.29 is 14.1 Å². The van der Waals surface area contributed by atoms with Crippen LogP contribution < -0.4 is 5.32 Å². The Morgan fingerprint density at radius 2 is 1.73 bits per heavy atom. The van der Waals surface area contributed by atoms with Gasteiger partial charge in [-0.2, -0.15) is 4.98 Å². The Kier molecular flexibility index (Phi) is 7.14. The molecule has 2 aromatic carbocycles. The van der Waals surface area contributed by atoms with Gasteiger partial charge in [0.05, 0.1) is 6.54 Å². The average molecular weight is 448 g/mol. The summed E-state index contributed by atoms with van der Waals surface area (Å²) in [4.78, 5) is 33.4. The number of amides is 2. The fraction of sp³-hybridized carbons (Fsp3) is 0.360. The van der Waals surface area contributed by atoms with Crippen LogP contribution in [0.4, 0.5) is 0 Å². The van der Waals surface area contributed by atoms with Gasteiger partial charge in [-0.05, 0) is 25.5 Å². The van der Waals surface area contributed by atoms with Gasteiger partial charge in [0.25, 0.3) is 5.91 Å². The van der Waals surface area contributed by atoms with Gasteiger partial charge >= 0.3 is 0 Å². The van der Waals surface area contributed by atoms with Crippen molar-refractivity contribution in [2.75, 3.05) is 32.7 Å². The molecule has 1 aliphatic rings. The highest BCUT2D eigenvalue weighted by molar-refractivity contribution is 5.95. The lowest BCUT2D eigenvalue weighted by Crippen LogP contribution is -2.48. The molecule has 172 valence electrons. The van der Waals surface area contributed by atoms with Crippen LogP contribution in [0.25, 0.3) is 11.4 Å². The third kappa shape index (κ3) is 5.84. The Labute approximate surface area is 193 Å². The van der Waals surface area contributed by atoms with Crippen LogP contribution in [0.15, 0.2) is 53.1 Å². The van der Waals surface area contributed by atoms with Crippen LogP contribution in [0.3, 0.4) is 0 Å². The third-order valence-corrected chi connectivity index (χ3v) is 5.88. The lowest BCUT2D eigenvalue weighted by Gasteiger charge is -2.34. The fourth-order valence-corrected chi connectivity index (χ4v) is 3.85. The molecule has 8 nitrogen and oxygen atoms in total. The number of aromatic nitrogens is 2. The van der Waals surface area contributed by atoms with Gasteiger partial charge in [-0.15, -0.1) is 0 Å². The summed E-state index contributed by atoms with van der Waals surface area (Å²) in [7, 11) is 0. The van der Waals surface area contributed by atoms with E-state index >= 15 is 0 Å². The predicted molar refractivity (Wildman–Crippen MR) is 124 cm³/mol. The van der Waals surface area contributed by atoms with Crippen molar-refractivity contribution in [3.05, 3.63) is 71.1 Å². The first kappa shape index (κ1) is 22.7. The molecule has 0 radical (unpaired) electrons. The minimum atomic E-state index is -0.143. The number of benzene rings is 2. The van der Waals surface area contributed by atoms with Crippen molar-refractivity contribution in [2.24, 2.45) is 0 Å². The zero-order valence-corrected chi connectivity index (χ0v) is 19.1. The maximum Gasteiger partial charge on any atom is 0.251 e. The zero-order valence-electron chi connectivity index (χ0n) is 19.1. The number of carbonyl (C=O) groups excluding carboxylic acids is 2. The highest BCUT2D eigenvalue weighted by atomic mass is 16.5. The van der Waals surface area contributed by atoms with E-state index < -0.39 is 0 Å². The number of aryl methyl sites for hydroxylation is 2. The molecule has 1 saturated heterocycles. The van der Waals surface area contributed by atoms with Gasteiger partial charge in [0, 0.05) is 50.3 Å². The standard InChI is InChI=1S/C25H29N5O3/c1-18-7-9-20(10-8-18)24-27-22(33-28-24)17-29-13-15-30(16-14-29)23(31)11-12-26-25(32)21-6-4-3-5-19(21)2/h3-10H,11-17H2,1-2H3,(H,26,32). The third-order valence-electron chi connectivity index (χ3n) is 5.88. The molecule has 1 aliphatic heterocycles. The van der Waals surface area contributed by atoms with Crippen molar-refractivity contribution in [3.8, 4) is 11.4 Å². The van der Waals surface area contributed by atoms with Gasteiger partial charge in [-0.3, -0.25) is 14.5 Å². The number of hydrogen-bond donors (Lipinski definition) is 1. The second-order valence-electron chi connectivity index (χ2n) is 8.36. The second kappa shape index (κ2) is 10.4. The molecule has 2 heterocycles. The molecular weight excluding hydrogens is 418 g/mol. The molecule has 3 aromatic rings. The van der Waals surface area contributed by atoms with Crippen molar-refractivity contribution in [3.63, 3.8) is 0 Å². The molecule has 0 unspecified atom stereocenters. The number of hydrogen-bond acceptors (Lipinski definition) is 6. The minimum absolute atomic E-state index is 0.0548. The van der Waals surface area contributed by atoms with Crippen LogP contribution in [0, 0.1) is 13.8 Å². The van der Waals surface area contributed by atoms with E-state index in [-0.39, 0.29) is 11.8 Å². The molecule has 0 spiro atoms. The first-order valence-corrected chi connectivity index (χ1v) is 11.2. The molecule has 0 atom stereocenters. The van der Waals surface area contributed by atoms with Gasteiger partial charge in [-0.25, -0.2) is 0 Å². The molecule has 4 rings (SSSR count). The molecule has 1 fully saturated rings. The second-order valence-corrected chi connectivity index (χ2v) is 8.36. The van der Waals surface area contributed by atoms with E-state index in [0.29, 0.717) is 49.9 Å². The van der Waals surface area contributed by atoms with E-state index in [1.807, 2.05) is 61.2 Å². The maximum atomic E-state index is 12.5. The average Bonchev–Trinajstić information content (AvgIpc) is 3.28. The Bertz CT molecular complexity index is 1100. The van der Waals surface area contributed by atoms with Crippen LogP contribution in [-0.2, 0) is 11.3 Å². The lowest BCUT2D eigenvalue weighted by molar-refractivity contribution is -0.132. The summed E-state index contributed by atoms with van der Waals surface area (Å²) in [5.41, 5.74) is 3.68. The molecule has 1 aromatic heterocycles. The molecular formula is C25H29N5O3. The zero-order chi connectivity index (χ0) is 23.2. The summed E-state index contributed by atoms with van der Waals surface area (Å²) in [6, 6.07) is 15.4. The van der Waals surface area contributed by atoms with E-state index in [1.165, 1.54) is 5.56 Å². The van der Waals surface area contributed by atoms with Gasteiger partial charge in [0.2, 0.25) is 17.6 Å². The van der Waals surface area contributed by atoms with Crippen molar-refractivity contribution in [1.82, 2.24) is 25.3 Å². The quantitative estimate of drug-likeness (QED) is 0.599. The largest absolute Gasteiger partial charge is 0.352 e. The first-order chi connectivity index (χ1) is 16.0. The summed E-state index contributed by atoms with van der Waals surface area (Å²) in [6.07, 6.45) is 0.293. The van der Waals surface area contributed by atoms with E-state index in [0.717, 1.165) is 24.2 Å². The molecule has 0 saturated carbocycles. The first-order valence-electron chi connectivity index (χ1n) is 11.2. The van der Waals surface area contributed by atoms with Crippen LogP contribution >= 0.6 is 0 Å². The highest BCUT2D eigenvalue weighted by Gasteiger charge is 2.22. The van der Waals surface area contributed by atoms with E-state index in [2.05, 4.69) is 20.4 Å². The van der Waals surface area contributed by atoms with E-state index in [1.54, 1.807) is 6.07 Å².